The lowest BCUT2D eigenvalue weighted by molar-refractivity contribution is 0.130. The van der Waals surface area contributed by atoms with Crippen LogP contribution in [0.15, 0.2) is 23.3 Å². The minimum atomic E-state index is 0. The van der Waals surface area contributed by atoms with Crippen molar-refractivity contribution in [3.8, 4) is 5.88 Å². The van der Waals surface area contributed by atoms with E-state index in [-0.39, 0.29) is 36.1 Å². The Labute approximate surface area is 208 Å². The Kier molecular flexibility index (Phi) is 9.12. The van der Waals surface area contributed by atoms with Crippen LogP contribution in [0.3, 0.4) is 0 Å². The molecule has 1 aliphatic carbocycles. The minimum absolute atomic E-state index is 0. The van der Waals surface area contributed by atoms with Crippen LogP contribution in [0, 0.1) is 12.8 Å². The van der Waals surface area contributed by atoms with E-state index in [0.717, 1.165) is 67.9 Å². The average Bonchev–Trinajstić information content (AvgIpc) is 3.15. The quantitative estimate of drug-likeness (QED) is 0.318. The third-order valence-electron chi connectivity index (χ3n) is 6.11. The molecule has 1 unspecified atom stereocenters. The Morgan fingerprint density at radius 3 is 2.84 bits per heavy atom. The van der Waals surface area contributed by atoms with Gasteiger partial charge in [0.1, 0.15) is 17.8 Å². The molecule has 0 bridgehead atoms. The van der Waals surface area contributed by atoms with Crippen molar-refractivity contribution in [3.63, 3.8) is 0 Å². The van der Waals surface area contributed by atoms with Crippen molar-refractivity contribution in [2.75, 3.05) is 6.54 Å². The van der Waals surface area contributed by atoms with Crippen LogP contribution < -0.4 is 15.4 Å². The fourth-order valence-corrected chi connectivity index (χ4v) is 4.39. The summed E-state index contributed by atoms with van der Waals surface area (Å²) in [5, 5.41) is 11.4. The number of nitrogens with one attached hydrogen (secondary N) is 2. The van der Waals surface area contributed by atoms with Gasteiger partial charge >= 0.3 is 0 Å². The van der Waals surface area contributed by atoms with Crippen molar-refractivity contribution in [1.82, 2.24) is 30.4 Å². The summed E-state index contributed by atoms with van der Waals surface area (Å²) in [6.07, 6.45) is 8.91. The monoisotopic (exact) mass is 553 g/mol. The molecular formula is C23H36IN7O. The zero-order valence-corrected chi connectivity index (χ0v) is 21.7. The Balaban J connectivity index is 0.00000289. The largest absolute Gasteiger partial charge is 0.474 e. The molecule has 0 saturated heterocycles. The highest BCUT2D eigenvalue weighted by molar-refractivity contribution is 14.0. The van der Waals surface area contributed by atoms with E-state index >= 15 is 0 Å². The number of nitrogens with zero attached hydrogens (tertiary/aromatic N) is 5. The molecule has 2 aliphatic rings. The van der Waals surface area contributed by atoms with E-state index in [0.29, 0.717) is 12.4 Å². The molecule has 1 aliphatic heterocycles. The number of rotatable bonds is 6. The lowest BCUT2D eigenvalue weighted by atomic mass is 9.89. The van der Waals surface area contributed by atoms with Gasteiger partial charge in [0.05, 0.1) is 12.6 Å². The van der Waals surface area contributed by atoms with Crippen LogP contribution in [-0.4, -0.2) is 38.4 Å². The van der Waals surface area contributed by atoms with Gasteiger partial charge in [0.2, 0.25) is 5.88 Å². The van der Waals surface area contributed by atoms with Gasteiger partial charge in [0.15, 0.2) is 5.96 Å². The fraction of sp³-hybridized carbons (Fsp3) is 0.652. The lowest BCUT2D eigenvalue weighted by Gasteiger charge is -2.26. The highest BCUT2D eigenvalue weighted by atomic mass is 127. The van der Waals surface area contributed by atoms with Crippen LogP contribution in [0.25, 0.3) is 0 Å². The summed E-state index contributed by atoms with van der Waals surface area (Å²) < 4.78 is 8.17. The highest BCUT2D eigenvalue weighted by Crippen LogP contribution is 2.27. The molecule has 0 radical (unpaired) electrons. The van der Waals surface area contributed by atoms with Crippen LogP contribution in [0.4, 0.5) is 0 Å². The molecule has 1 atom stereocenters. The minimum Gasteiger partial charge on any atom is -0.474 e. The van der Waals surface area contributed by atoms with Crippen molar-refractivity contribution in [3.05, 3.63) is 35.5 Å². The van der Waals surface area contributed by atoms with E-state index in [9.17, 15) is 0 Å². The molecular weight excluding hydrogens is 517 g/mol. The van der Waals surface area contributed by atoms with Crippen molar-refractivity contribution in [1.29, 1.82) is 0 Å². The Morgan fingerprint density at radius 2 is 2.06 bits per heavy atom. The first kappa shape index (κ1) is 24.7. The van der Waals surface area contributed by atoms with Gasteiger partial charge in [-0.05, 0) is 69.9 Å². The van der Waals surface area contributed by atoms with E-state index < -0.39 is 0 Å². The average molecular weight is 553 g/mol. The number of halogens is 1. The molecule has 32 heavy (non-hydrogen) atoms. The number of aryl methyl sites for hydroxylation is 2. The Bertz CT molecular complexity index is 892. The van der Waals surface area contributed by atoms with Gasteiger partial charge in [-0.25, -0.2) is 19.6 Å². The summed E-state index contributed by atoms with van der Waals surface area (Å²) in [6.45, 7) is 8.64. The van der Waals surface area contributed by atoms with E-state index in [4.69, 9.17) is 9.73 Å². The first-order valence-corrected chi connectivity index (χ1v) is 11.7. The van der Waals surface area contributed by atoms with E-state index in [2.05, 4.69) is 39.5 Å². The maximum atomic E-state index is 6.15. The normalized spacial score (nSPS) is 23.1. The Morgan fingerprint density at radius 1 is 1.25 bits per heavy atom. The predicted molar refractivity (Wildman–Crippen MR) is 136 cm³/mol. The number of hydrogen-bond acceptors (Lipinski definition) is 5. The van der Waals surface area contributed by atoms with Crippen molar-refractivity contribution >= 4 is 29.9 Å². The molecule has 0 aromatic carbocycles. The van der Waals surface area contributed by atoms with E-state index in [1.54, 1.807) is 0 Å². The molecule has 2 aromatic heterocycles. The molecule has 3 heterocycles. The topological polar surface area (TPSA) is 89.3 Å². The molecule has 2 aromatic rings. The molecule has 176 valence electrons. The molecule has 2 N–H and O–H groups in total. The zero-order valence-electron chi connectivity index (χ0n) is 19.4. The summed E-state index contributed by atoms with van der Waals surface area (Å²) >= 11 is 0. The standard InChI is InChI=1S/C23H35N7O.HI/c1-4-24-23(28-20-6-5-13-30-22(20)27-17(3)29-30)26-15-18-11-12-25-21(14-18)31-19-9-7-16(2)8-10-19;/h11-12,14,16,19-20H,4-10,13,15H2,1-3H3,(H2,24,26,28);1H. The smallest absolute Gasteiger partial charge is 0.213 e. The van der Waals surface area contributed by atoms with Gasteiger partial charge in [-0.3, -0.25) is 0 Å². The maximum absolute atomic E-state index is 6.15. The second-order valence-corrected chi connectivity index (χ2v) is 8.78. The van der Waals surface area contributed by atoms with Crippen LogP contribution in [-0.2, 0) is 13.1 Å². The number of fused-ring (bicyclic) bond motifs is 1. The van der Waals surface area contributed by atoms with E-state index in [1.807, 2.05) is 29.9 Å². The van der Waals surface area contributed by atoms with Crippen molar-refractivity contribution in [2.24, 2.45) is 10.9 Å². The third kappa shape index (κ3) is 6.55. The number of hydrogen-bond donors (Lipinski definition) is 2. The van der Waals surface area contributed by atoms with Crippen LogP contribution in [0.1, 0.15) is 75.6 Å². The van der Waals surface area contributed by atoms with Crippen LogP contribution >= 0.6 is 24.0 Å². The van der Waals surface area contributed by atoms with Gasteiger partial charge < -0.3 is 15.4 Å². The summed E-state index contributed by atoms with van der Waals surface area (Å²) in [5.74, 6) is 4.13. The molecule has 8 nitrogen and oxygen atoms in total. The predicted octanol–water partition coefficient (Wildman–Crippen LogP) is 4.15. The highest BCUT2D eigenvalue weighted by Gasteiger charge is 2.24. The molecule has 0 spiro atoms. The van der Waals surface area contributed by atoms with Crippen molar-refractivity contribution < 1.29 is 4.74 Å². The molecule has 0 amide bonds. The molecule has 9 heteroatoms. The molecule has 1 saturated carbocycles. The fourth-order valence-electron chi connectivity index (χ4n) is 4.39. The first-order valence-electron chi connectivity index (χ1n) is 11.7. The van der Waals surface area contributed by atoms with Gasteiger partial charge in [-0.1, -0.05) is 6.92 Å². The second-order valence-electron chi connectivity index (χ2n) is 8.78. The number of ether oxygens (including phenoxy) is 1. The van der Waals surface area contributed by atoms with Gasteiger partial charge in [-0.15, -0.1) is 24.0 Å². The van der Waals surface area contributed by atoms with Gasteiger partial charge in [0, 0.05) is 25.4 Å². The van der Waals surface area contributed by atoms with Crippen LogP contribution in [0.2, 0.25) is 0 Å². The molecule has 4 rings (SSSR count). The summed E-state index contributed by atoms with van der Waals surface area (Å²) in [5.41, 5.74) is 1.09. The first-order chi connectivity index (χ1) is 15.1. The van der Waals surface area contributed by atoms with Gasteiger partial charge in [-0.2, -0.15) is 5.10 Å². The van der Waals surface area contributed by atoms with Crippen LogP contribution in [0.5, 0.6) is 5.88 Å². The second kappa shape index (κ2) is 11.8. The van der Waals surface area contributed by atoms with E-state index in [1.165, 1.54) is 12.8 Å². The lowest BCUT2D eigenvalue weighted by Crippen LogP contribution is -2.41. The SMILES string of the molecule is CCNC(=NCc1ccnc(OC2CCC(C)CC2)c1)NC1CCCn2nc(C)nc21.I. The number of pyridine rings is 1. The summed E-state index contributed by atoms with van der Waals surface area (Å²) in [7, 11) is 0. The number of guanidine groups is 1. The van der Waals surface area contributed by atoms with Crippen molar-refractivity contribution in [2.45, 2.75) is 84.5 Å². The number of aliphatic imine (C=N–C) groups is 1. The van der Waals surface area contributed by atoms with Gasteiger partial charge in [0.25, 0.3) is 0 Å². The summed E-state index contributed by atoms with van der Waals surface area (Å²) in [6, 6.07) is 4.15. The summed E-state index contributed by atoms with van der Waals surface area (Å²) in [4.78, 5) is 13.8. The maximum Gasteiger partial charge on any atom is 0.213 e. The zero-order chi connectivity index (χ0) is 21.6. The molecule has 1 fully saturated rings. The third-order valence-corrected chi connectivity index (χ3v) is 6.11. The Hall–Kier alpha value is -1.91. The number of aromatic nitrogens is 4.